The molecule has 1 aromatic rings. The Morgan fingerprint density at radius 1 is 1.60 bits per heavy atom. The molecule has 5 nitrogen and oxygen atoms in total. The molecular weight excluding hydrogens is 198 g/mol. The molecular formula is C10H15NO4. The molecule has 15 heavy (non-hydrogen) atoms. The fraction of sp³-hybridized carbons (Fsp3) is 0.500. The summed E-state index contributed by atoms with van der Waals surface area (Å²) in [4.78, 5) is 11.3. The maximum atomic E-state index is 11.3. The van der Waals surface area contributed by atoms with Crippen LogP contribution in [0.2, 0.25) is 0 Å². The Morgan fingerprint density at radius 3 is 2.80 bits per heavy atom. The molecule has 0 fully saturated rings. The van der Waals surface area contributed by atoms with Crippen LogP contribution < -0.4 is 5.32 Å². The smallest absolute Gasteiger partial charge is 0.412 e. The molecule has 0 aliphatic carbocycles. The number of rotatable bonds is 2. The van der Waals surface area contributed by atoms with E-state index in [-0.39, 0.29) is 6.61 Å². The van der Waals surface area contributed by atoms with Crippen LogP contribution in [-0.4, -0.2) is 16.8 Å². The monoisotopic (exact) mass is 213 g/mol. The van der Waals surface area contributed by atoms with E-state index in [0.717, 1.165) is 0 Å². The molecule has 0 spiro atoms. The predicted molar refractivity (Wildman–Crippen MR) is 54.5 cm³/mol. The van der Waals surface area contributed by atoms with E-state index in [1.807, 2.05) is 0 Å². The van der Waals surface area contributed by atoms with Gasteiger partial charge in [-0.1, -0.05) is 0 Å². The third-order valence-corrected chi connectivity index (χ3v) is 1.52. The molecule has 0 atom stereocenters. The van der Waals surface area contributed by atoms with E-state index in [1.54, 1.807) is 26.8 Å². The number of aliphatic hydroxyl groups is 1. The molecule has 0 bridgehead atoms. The quantitative estimate of drug-likeness (QED) is 0.789. The third-order valence-electron chi connectivity index (χ3n) is 1.52. The van der Waals surface area contributed by atoms with Gasteiger partial charge in [0, 0.05) is 6.07 Å². The van der Waals surface area contributed by atoms with Crippen molar-refractivity contribution in [3.63, 3.8) is 0 Å². The van der Waals surface area contributed by atoms with Crippen molar-refractivity contribution in [3.05, 3.63) is 18.1 Å². The van der Waals surface area contributed by atoms with E-state index < -0.39 is 11.7 Å². The summed E-state index contributed by atoms with van der Waals surface area (Å²) < 4.78 is 9.96. The third kappa shape index (κ3) is 3.63. The lowest BCUT2D eigenvalue weighted by Crippen LogP contribution is -2.27. The van der Waals surface area contributed by atoms with Crippen molar-refractivity contribution in [2.45, 2.75) is 33.0 Å². The van der Waals surface area contributed by atoms with Crippen molar-refractivity contribution in [2.75, 3.05) is 5.32 Å². The number of hydrogen-bond acceptors (Lipinski definition) is 4. The largest absolute Gasteiger partial charge is 0.465 e. The maximum Gasteiger partial charge on any atom is 0.412 e. The molecule has 0 aliphatic rings. The van der Waals surface area contributed by atoms with Crippen LogP contribution >= 0.6 is 0 Å². The van der Waals surface area contributed by atoms with E-state index >= 15 is 0 Å². The molecule has 5 heteroatoms. The first-order valence-corrected chi connectivity index (χ1v) is 4.59. The van der Waals surface area contributed by atoms with Crippen LogP contribution in [0.3, 0.4) is 0 Å². The summed E-state index contributed by atoms with van der Waals surface area (Å²) in [6, 6.07) is 1.55. The van der Waals surface area contributed by atoms with E-state index in [0.29, 0.717) is 11.4 Å². The fourth-order valence-corrected chi connectivity index (χ4v) is 0.988. The number of nitrogens with one attached hydrogen (secondary N) is 1. The van der Waals surface area contributed by atoms with Crippen molar-refractivity contribution in [2.24, 2.45) is 0 Å². The fourth-order valence-electron chi connectivity index (χ4n) is 0.988. The van der Waals surface area contributed by atoms with E-state index in [4.69, 9.17) is 14.3 Å². The van der Waals surface area contributed by atoms with Crippen molar-refractivity contribution < 1.29 is 19.1 Å². The second-order valence-electron chi connectivity index (χ2n) is 4.04. The van der Waals surface area contributed by atoms with E-state index in [2.05, 4.69) is 5.32 Å². The van der Waals surface area contributed by atoms with Crippen LogP contribution in [0, 0.1) is 0 Å². The number of aliphatic hydroxyl groups excluding tert-OH is 1. The van der Waals surface area contributed by atoms with Gasteiger partial charge in [0.05, 0.1) is 12.0 Å². The average molecular weight is 213 g/mol. The van der Waals surface area contributed by atoms with Gasteiger partial charge in [-0.15, -0.1) is 0 Å². The molecule has 84 valence electrons. The zero-order chi connectivity index (χ0) is 11.5. The molecule has 1 rings (SSSR count). The highest BCUT2D eigenvalue weighted by Gasteiger charge is 2.17. The predicted octanol–water partition coefficient (Wildman–Crippen LogP) is 2.12. The molecule has 0 radical (unpaired) electrons. The summed E-state index contributed by atoms with van der Waals surface area (Å²) in [6.07, 6.45) is 0.816. The van der Waals surface area contributed by atoms with Gasteiger partial charge < -0.3 is 14.3 Å². The SMILES string of the molecule is CC(C)(C)OC(=O)Nc1ccoc1CO. The summed E-state index contributed by atoms with van der Waals surface area (Å²) >= 11 is 0. The summed E-state index contributed by atoms with van der Waals surface area (Å²) in [6.45, 7) is 5.05. The van der Waals surface area contributed by atoms with Crippen LogP contribution in [0.15, 0.2) is 16.7 Å². The van der Waals surface area contributed by atoms with Crippen molar-refractivity contribution >= 4 is 11.8 Å². The lowest BCUT2D eigenvalue weighted by molar-refractivity contribution is 0.0635. The highest BCUT2D eigenvalue weighted by molar-refractivity contribution is 5.85. The molecule has 0 saturated carbocycles. The van der Waals surface area contributed by atoms with Gasteiger partial charge in [0.15, 0.2) is 5.76 Å². The first-order chi connectivity index (χ1) is 6.92. The minimum atomic E-state index is -0.571. The zero-order valence-corrected chi connectivity index (χ0v) is 9.03. The minimum absolute atomic E-state index is 0.266. The Kier molecular flexibility index (Phi) is 3.36. The molecule has 0 aromatic carbocycles. The first-order valence-electron chi connectivity index (χ1n) is 4.59. The summed E-state index contributed by atoms with van der Waals surface area (Å²) in [5, 5.41) is 11.3. The van der Waals surface area contributed by atoms with Crippen LogP contribution in [0.4, 0.5) is 10.5 Å². The average Bonchev–Trinajstić information content (AvgIpc) is 2.48. The second kappa shape index (κ2) is 4.35. The van der Waals surface area contributed by atoms with Gasteiger partial charge in [-0.2, -0.15) is 0 Å². The van der Waals surface area contributed by atoms with Crippen LogP contribution in [-0.2, 0) is 11.3 Å². The molecule has 0 aliphatic heterocycles. The van der Waals surface area contributed by atoms with E-state index in [1.165, 1.54) is 6.26 Å². The number of carbonyl (C=O) groups is 1. The van der Waals surface area contributed by atoms with Crippen LogP contribution in [0.25, 0.3) is 0 Å². The minimum Gasteiger partial charge on any atom is -0.465 e. The molecule has 0 saturated heterocycles. The second-order valence-corrected chi connectivity index (χ2v) is 4.04. The van der Waals surface area contributed by atoms with Gasteiger partial charge >= 0.3 is 6.09 Å². The maximum absolute atomic E-state index is 11.3. The lowest BCUT2D eigenvalue weighted by atomic mass is 10.2. The molecule has 1 aromatic heterocycles. The zero-order valence-electron chi connectivity index (χ0n) is 9.03. The Hall–Kier alpha value is -1.49. The highest BCUT2D eigenvalue weighted by atomic mass is 16.6. The Balaban J connectivity index is 2.59. The van der Waals surface area contributed by atoms with Crippen molar-refractivity contribution in [1.29, 1.82) is 0 Å². The number of anilines is 1. The Labute approximate surface area is 88.0 Å². The summed E-state index contributed by atoms with van der Waals surface area (Å²) in [7, 11) is 0. The standard InChI is InChI=1S/C10H15NO4/c1-10(2,3)15-9(13)11-7-4-5-14-8(7)6-12/h4-5,12H,6H2,1-3H3,(H,11,13). The molecule has 2 N–H and O–H groups in total. The number of ether oxygens (including phenoxy) is 1. The molecule has 1 amide bonds. The van der Waals surface area contributed by atoms with Gasteiger partial charge in [-0.05, 0) is 20.8 Å². The van der Waals surface area contributed by atoms with Gasteiger partial charge in [0.25, 0.3) is 0 Å². The Morgan fingerprint density at radius 2 is 2.27 bits per heavy atom. The number of furan rings is 1. The number of amides is 1. The van der Waals surface area contributed by atoms with Gasteiger partial charge in [0.1, 0.15) is 12.2 Å². The molecule has 1 heterocycles. The lowest BCUT2D eigenvalue weighted by Gasteiger charge is -2.19. The van der Waals surface area contributed by atoms with Crippen molar-refractivity contribution in [3.8, 4) is 0 Å². The van der Waals surface area contributed by atoms with Crippen molar-refractivity contribution in [1.82, 2.24) is 0 Å². The summed E-state index contributed by atoms with van der Waals surface area (Å²) in [5.74, 6) is 0.306. The normalized spacial score (nSPS) is 11.2. The Bertz CT molecular complexity index is 337. The molecule has 0 unspecified atom stereocenters. The number of carbonyl (C=O) groups excluding carboxylic acids is 1. The van der Waals surface area contributed by atoms with Gasteiger partial charge in [-0.25, -0.2) is 4.79 Å². The van der Waals surface area contributed by atoms with Crippen LogP contribution in [0.1, 0.15) is 26.5 Å². The van der Waals surface area contributed by atoms with Gasteiger partial charge in [0.2, 0.25) is 0 Å². The summed E-state index contributed by atoms with van der Waals surface area (Å²) in [5.41, 5.74) is -0.125. The topological polar surface area (TPSA) is 71.7 Å². The van der Waals surface area contributed by atoms with E-state index in [9.17, 15) is 4.79 Å². The van der Waals surface area contributed by atoms with Crippen LogP contribution in [0.5, 0.6) is 0 Å². The van der Waals surface area contributed by atoms with Gasteiger partial charge in [-0.3, -0.25) is 5.32 Å². The first kappa shape index (κ1) is 11.6. The highest BCUT2D eigenvalue weighted by Crippen LogP contribution is 2.17. The number of hydrogen-bond donors (Lipinski definition) is 2.